The van der Waals surface area contributed by atoms with Crippen LogP contribution in [-0.4, -0.2) is 56.5 Å². The summed E-state index contributed by atoms with van der Waals surface area (Å²) in [4.78, 5) is 7.86. The average Bonchev–Trinajstić information content (AvgIpc) is 3.14. The van der Waals surface area contributed by atoms with E-state index in [1.807, 2.05) is 28.8 Å². The first kappa shape index (κ1) is 19.9. The molecular weight excluding hydrogens is 417 g/mol. The zero-order valence-corrected chi connectivity index (χ0v) is 16.2. The molecule has 5 rings (SSSR count). The lowest BCUT2D eigenvalue weighted by molar-refractivity contribution is -0.142. The number of aromatic nitrogens is 5. The van der Waals surface area contributed by atoms with Gasteiger partial charge in [0.05, 0.1) is 13.2 Å². The molecule has 0 radical (unpaired) electrons. The number of anilines is 1. The Balaban J connectivity index is 1.33. The first-order valence-electron chi connectivity index (χ1n) is 9.84. The number of hydrogen-bond donors (Lipinski definition) is 1. The van der Waals surface area contributed by atoms with Crippen LogP contribution >= 0.6 is 0 Å². The highest BCUT2D eigenvalue weighted by Crippen LogP contribution is 2.36. The third-order valence-electron chi connectivity index (χ3n) is 5.19. The van der Waals surface area contributed by atoms with E-state index in [0.717, 1.165) is 6.20 Å². The van der Waals surface area contributed by atoms with Gasteiger partial charge in [-0.25, -0.2) is 4.98 Å². The summed E-state index contributed by atoms with van der Waals surface area (Å²) in [7, 11) is 0. The highest BCUT2D eigenvalue weighted by molar-refractivity contribution is 5.38. The van der Waals surface area contributed by atoms with Crippen molar-refractivity contribution in [2.24, 2.45) is 0 Å². The van der Waals surface area contributed by atoms with Gasteiger partial charge in [0.25, 0.3) is 0 Å². The van der Waals surface area contributed by atoms with Crippen molar-refractivity contribution >= 4 is 11.6 Å². The molecule has 1 N–H and O–H groups in total. The summed E-state index contributed by atoms with van der Waals surface area (Å²) in [6.07, 6.45) is -1.60. The van der Waals surface area contributed by atoms with Crippen molar-refractivity contribution in [3.63, 3.8) is 0 Å². The predicted molar refractivity (Wildman–Crippen MR) is 101 cm³/mol. The fraction of sp³-hybridized carbons (Fsp3) is 0.474. The van der Waals surface area contributed by atoms with Gasteiger partial charge in [-0.05, 0) is 18.6 Å². The van der Waals surface area contributed by atoms with Crippen molar-refractivity contribution in [1.29, 1.82) is 0 Å². The smallest absolute Gasteiger partial charge is 0.423 e. The Bertz CT molecular complexity index is 1070. The topological polar surface area (TPSA) is 95.7 Å². The molecule has 2 unspecified atom stereocenters. The molecular formula is C19H19F3N6O3. The summed E-state index contributed by atoms with van der Waals surface area (Å²) in [5.41, 5.74) is -0.297. The van der Waals surface area contributed by atoms with Crippen molar-refractivity contribution in [2.45, 2.75) is 37.3 Å². The van der Waals surface area contributed by atoms with Crippen LogP contribution in [-0.2, 0) is 15.7 Å². The lowest BCUT2D eigenvalue weighted by Gasteiger charge is -2.30. The third kappa shape index (κ3) is 4.12. The van der Waals surface area contributed by atoms with Crippen LogP contribution in [0.1, 0.15) is 30.3 Å². The van der Waals surface area contributed by atoms with Crippen LogP contribution in [0.15, 0.2) is 30.6 Å². The molecule has 0 aliphatic carbocycles. The largest absolute Gasteiger partial charge is 0.469 e. The van der Waals surface area contributed by atoms with Crippen LogP contribution < -0.4 is 10.1 Å². The SMILES string of the molecule is FC(F)(F)c1cnc(NC2CCOC(c3nnc4ccccn34)C2)nc1OC1COC1. The summed E-state index contributed by atoms with van der Waals surface area (Å²) in [6, 6.07) is 5.48. The Morgan fingerprint density at radius 3 is 2.84 bits per heavy atom. The number of pyridine rings is 1. The van der Waals surface area contributed by atoms with E-state index in [0.29, 0.717) is 30.9 Å². The van der Waals surface area contributed by atoms with E-state index < -0.39 is 23.7 Å². The molecule has 2 aliphatic rings. The number of ether oxygens (including phenoxy) is 3. The highest BCUT2D eigenvalue weighted by atomic mass is 19.4. The van der Waals surface area contributed by atoms with Crippen molar-refractivity contribution < 1.29 is 27.4 Å². The quantitative estimate of drug-likeness (QED) is 0.652. The number of fused-ring (bicyclic) bond motifs is 1. The van der Waals surface area contributed by atoms with E-state index in [-0.39, 0.29) is 31.3 Å². The van der Waals surface area contributed by atoms with Gasteiger partial charge in [-0.15, -0.1) is 10.2 Å². The third-order valence-corrected chi connectivity index (χ3v) is 5.19. The summed E-state index contributed by atoms with van der Waals surface area (Å²) >= 11 is 0. The molecule has 2 aliphatic heterocycles. The second-order valence-electron chi connectivity index (χ2n) is 7.40. The normalized spacial score (nSPS) is 22.3. The summed E-state index contributed by atoms with van der Waals surface area (Å²) < 4.78 is 58.0. The van der Waals surface area contributed by atoms with Gasteiger partial charge in [-0.1, -0.05) is 6.07 Å². The number of hydrogen-bond acceptors (Lipinski definition) is 8. The van der Waals surface area contributed by atoms with Gasteiger partial charge in [-0.2, -0.15) is 18.2 Å². The Hall–Kier alpha value is -2.99. The molecule has 0 aromatic carbocycles. The minimum atomic E-state index is -4.61. The molecule has 3 aromatic heterocycles. The molecule has 0 spiro atoms. The maximum absolute atomic E-state index is 13.3. The minimum Gasteiger partial charge on any atom is -0.469 e. The molecule has 9 nitrogen and oxygen atoms in total. The number of alkyl halides is 3. The molecule has 2 fully saturated rings. The molecule has 5 heterocycles. The van der Waals surface area contributed by atoms with Crippen LogP contribution in [0.25, 0.3) is 5.65 Å². The molecule has 164 valence electrons. The summed E-state index contributed by atoms with van der Waals surface area (Å²) in [5, 5.41) is 11.5. The van der Waals surface area contributed by atoms with E-state index in [1.54, 1.807) is 0 Å². The monoisotopic (exact) mass is 436 g/mol. The maximum Gasteiger partial charge on any atom is 0.423 e. The highest BCUT2D eigenvalue weighted by Gasteiger charge is 2.38. The van der Waals surface area contributed by atoms with E-state index >= 15 is 0 Å². The summed E-state index contributed by atoms with van der Waals surface area (Å²) in [5.74, 6) is 0.245. The molecule has 0 amide bonds. The van der Waals surface area contributed by atoms with Crippen molar-refractivity contribution in [2.75, 3.05) is 25.1 Å². The lowest BCUT2D eigenvalue weighted by Crippen LogP contribution is -2.39. The Kier molecular flexibility index (Phi) is 5.10. The Morgan fingerprint density at radius 2 is 2.06 bits per heavy atom. The lowest BCUT2D eigenvalue weighted by atomic mass is 10.0. The average molecular weight is 436 g/mol. The molecule has 2 saturated heterocycles. The van der Waals surface area contributed by atoms with Crippen molar-refractivity contribution in [3.8, 4) is 5.88 Å². The molecule has 31 heavy (non-hydrogen) atoms. The molecule has 0 saturated carbocycles. The van der Waals surface area contributed by atoms with Gasteiger partial charge in [0.15, 0.2) is 11.5 Å². The van der Waals surface area contributed by atoms with Gasteiger partial charge < -0.3 is 19.5 Å². The molecule has 12 heteroatoms. The zero-order valence-electron chi connectivity index (χ0n) is 16.2. The van der Waals surface area contributed by atoms with E-state index in [4.69, 9.17) is 14.2 Å². The first-order chi connectivity index (χ1) is 15.0. The van der Waals surface area contributed by atoms with Gasteiger partial charge in [0.2, 0.25) is 11.8 Å². The van der Waals surface area contributed by atoms with Crippen LogP contribution in [0.4, 0.5) is 19.1 Å². The molecule has 0 bridgehead atoms. The second-order valence-corrected chi connectivity index (χ2v) is 7.40. The fourth-order valence-electron chi connectivity index (χ4n) is 3.53. The number of nitrogens with zero attached hydrogens (tertiary/aromatic N) is 5. The van der Waals surface area contributed by atoms with E-state index in [1.165, 1.54) is 0 Å². The van der Waals surface area contributed by atoms with Gasteiger partial charge in [0.1, 0.15) is 17.8 Å². The fourth-order valence-corrected chi connectivity index (χ4v) is 3.53. The van der Waals surface area contributed by atoms with Crippen molar-refractivity contribution in [3.05, 3.63) is 42.0 Å². The minimum absolute atomic E-state index is 0.0694. The summed E-state index contributed by atoms with van der Waals surface area (Å²) in [6.45, 7) is 0.920. The second kappa shape index (κ2) is 7.93. The van der Waals surface area contributed by atoms with Crippen LogP contribution in [0.5, 0.6) is 5.88 Å². The molecule has 3 aromatic rings. The standard InChI is InChI=1S/C19H19F3N6O3/c20-19(21,22)13-8-23-18(25-17(13)31-12-9-29-10-12)24-11-4-6-30-14(7-11)16-27-26-15-3-1-2-5-28(15)16/h1-3,5,8,11-12,14H,4,6-7,9-10H2,(H,23,24,25). The number of rotatable bonds is 5. The van der Waals surface area contributed by atoms with E-state index in [2.05, 4.69) is 25.5 Å². The number of nitrogens with one attached hydrogen (secondary N) is 1. The van der Waals surface area contributed by atoms with Crippen LogP contribution in [0, 0.1) is 0 Å². The van der Waals surface area contributed by atoms with Crippen LogP contribution in [0.3, 0.4) is 0 Å². The Morgan fingerprint density at radius 1 is 1.19 bits per heavy atom. The van der Waals surface area contributed by atoms with Gasteiger partial charge in [-0.3, -0.25) is 4.40 Å². The zero-order chi connectivity index (χ0) is 21.4. The predicted octanol–water partition coefficient (Wildman–Crippen LogP) is 2.65. The van der Waals surface area contributed by atoms with Gasteiger partial charge >= 0.3 is 6.18 Å². The van der Waals surface area contributed by atoms with E-state index in [9.17, 15) is 13.2 Å². The molecule has 2 atom stereocenters. The maximum atomic E-state index is 13.3. The Labute approximate surface area is 174 Å². The first-order valence-corrected chi connectivity index (χ1v) is 9.84. The van der Waals surface area contributed by atoms with Crippen molar-refractivity contribution in [1.82, 2.24) is 24.6 Å². The van der Waals surface area contributed by atoms with Crippen LogP contribution in [0.2, 0.25) is 0 Å². The van der Waals surface area contributed by atoms with Gasteiger partial charge in [0, 0.05) is 31.5 Å². The number of halogens is 3.